The van der Waals surface area contributed by atoms with Crippen molar-refractivity contribution in [2.45, 2.75) is 77.7 Å². The Morgan fingerprint density at radius 3 is 2.54 bits per heavy atom. The van der Waals surface area contributed by atoms with Crippen molar-refractivity contribution in [3.8, 4) is 0 Å². The minimum atomic E-state index is -0.196. The van der Waals surface area contributed by atoms with Gasteiger partial charge in [-0.3, -0.25) is 9.59 Å². The summed E-state index contributed by atoms with van der Waals surface area (Å²) in [5.74, 6) is 6.41. The normalized spacial score (nSPS) is 56.9. The van der Waals surface area contributed by atoms with E-state index in [1.807, 2.05) is 0 Å². The van der Waals surface area contributed by atoms with E-state index in [0.29, 0.717) is 24.0 Å². The van der Waals surface area contributed by atoms with E-state index in [1.165, 1.54) is 31.3 Å². The summed E-state index contributed by atoms with van der Waals surface area (Å²) in [5.41, 5.74) is 1.61. The molecule has 1 aliphatic heterocycles. The highest BCUT2D eigenvalue weighted by Crippen LogP contribution is 2.73. The van der Waals surface area contributed by atoms with E-state index in [0.717, 1.165) is 54.8 Å². The number of carbonyl (C=O) groups is 2. The fourth-order valence-electron chi connectivity index (χ4n) is 8.69. The maximum absolute atomic E-state index is 12.2. The second kappa shape index (κ2) is 5.52. The number of ether oxygens (including phenoxy) is 1. The van der Waals surface area contributed by atoms with E-state index in [-0.39, 0.29) is 17.0 Å². The molecule has 5 fully saturated rings. The second-order valence-corrected chi connectivity index (χ2v) is 11.6. The Labute approximate surface area is 168 Å². The summed E-state index contributed by atoms with van der Waals surface area (Å²) in [6.07, 6.45) is 10.7. The average Bonchev–Trinajstić information content (AvgIpc) is 3.55. The number of cyclic esters (lactones) is 1. The lowest BCUT2D eigenvalue weighted by Crippen LogP contribution is -2.49. The van der Waals surface area contributed by atoms with Crippen LogP contribution in [0, 0.1) is 52.8 Å². The van der Waals surface area contributed by atoms with Crippen LogP contribution in [0.5, 0.6) is 0 Å². The van der Waals surface area contributed by atoms with Crippen LogP contribution in [0.1, 0.15) is 72.1 Å². The van der Waals surface area contributed by atoms with Crippen LogP contribution in [-0.4, -0.2) is 17.4 Å². The molecule has 0 spiro atoms. The summed E-state index contributed by atoms with van der Waals surface area (Å²) >= 11 is 0. The maximum Gasteiger partial charge on any atom is 0.306 e. The smallest absolute Gasteiger partial charge is 0.306 e. The average molecular weight is 383 g/mol. The quantitative estimate of drug-likeness (QED) is 0.635. The van der Waals surface area contributed by atoms with Gasteiger partial charge in [0.15, 0.2) is 5.78 Å². The minimum absolute atomic E-state index is 0.0109. The summed E-state index contributed by atoms with van der Waals surface area (Å²) in [5, 5.41) is 0. The minimum Gasteiger partial charge on any atom is -0.459 e. The lowest BCUT2D eigenvalue weighted by Gasteiger charge is -2.55. The van der Waals surface area contributed by atoms with Crippen LogP contribution in [-0.2, 0) is 14.3 Å². The highest BCUT2D eigenvalue weighted by atomic mass is 16.6. The van der Waals surface area contributed by atoms with E-state index in [1.54, 1.807) is 0 Å². The zero-order valence-corrected chi connectivity index (χ0v) is 17.6. The second-order valence-electron chi connectivity index (χ2n) is 11.6. The van der Waals surface area contributed by atoms with Gasteiger partial charge in [-0.1, -0.05) is 25.8 Å². The lowest BCUT2D eigenvalue weighted by molar-refractivity contribution is -0.149. The van der Waals surface area contributed by atoms with Crippen LogP contribution < -0.4 is 0 Å². The number of hydrogen-bond donors (Lipinski definition) is 0. The van der Waals surface area contributed by atoms with Crippen molar-refractivity contribution in [1.29, 1.82) is 0 Å². The van der Waals surface area contributed by atoms with Crippen LogP contribution in [0.3, 0.4) is 0 Å². The molecule has 6 aliphatic rings. The van der Waals surface area contributed by atoms with E-state index >= 15 is 0 Å². The van der Waals surface area contributed by atoms with E-state index in [9.17, 15) is 9.59 Å². The molecule has 3 unspecified atom stereocenters. The molecule has 0 aromatic rings. The third kappa shape index (κ3) is 2.28. The first kappa shape index (κ1) is 17.7. The Balaban J connectivity index is 1.31. The number of ketones is 1. The van der Waals surface area contributed by atoms with E-state index < -0.39 is 0 Å². The molecule has 0 N–H and O–H groups in total. The first-order valence-electron chi connectivity index (χ1n) is 11.8. The molecule has 0 aromatic carbocycles. The molecule has 1 saturated heterocycles. The van der Waals surface area contributed by atoms with Crippen LogP contribution in [0.25, 0.3) is 0 Å². The van der Waals surface area contributed by atoms with Crippen LogP contribution in [0.15, 0.2) is 11.6 Å². The predicted molar refractivity (Wildman–Crippen MR) is 106 cm³/mol. The largest absolute Gasteiger partial charge is 0.459 e. The topological polar surface area (TPSA) is 43.4 Å². The summed E-state index contributed by atoms with van der Waals surface area (Å²) in [7, 11) is 0. The molecule has 0 amide bonds. The van der Waals surface area contributed by atoms with Gasteiger partial charge in [0.2, 0.25) is 0 Å². The Bertz CT molecular complexity index is 783. The zero-order valence-electron chi connectivity index (χ0n) is 17.6. The fraction of sp³-hybridized carbons (Fsp3) is 0.840. The maximum atomic E-state index is 12.2. The molecule has 6 rings (SSSR count). The van der Waals surface area contributed by atoms with Gasteiger partial charge in [0, 0.05) is 18.8 Å². The van der Waals surface area contributed by atoms with Crippen molar-refractivity contribution < 1.29 is 14.3 Å². The van der Waals surface area contributed by atoms with Crippen LogP contribution in [0.4, 0.5) is 0 Å². The molecular weight excluding hydrogens is 348 g/mol. The van der Waals surface area contributed by atoms with Crippen molar-refractivity contribution >= 4 is 11.8 Å². The summed E-state index contributed by atoms with van der Waals surface area (Å²) in [4.78, 5) is 23.9. The first-order valence-corrected chi connectivity index (χ1v) is 11.8. The standard InChI is InChI=1S/C25H34O3/c1-13-4-5-18-23(16-11-15(16)19-10-14(26)6-8-24(18,19)2)22(13)17-12-20(17)25(3)9-7-21(27)28-25/h10,13,15-18,20,22-23H,4-9,11-12H2,1-3H3/t13-,15-,16+,17-,18?,20+,22?,23?,24-,25+/m1/s1. The number of fused-ring (bicyclic) bond motifs is 6. The Hall–Kier alpha value is -1.12. The van der Waals surface area contributed by atoms with Crippen LogP contribution >= 0.6 is 0 Å². The van der Waals surface area contributed by atoms with Crippen molar-refractivity contribution in [3.63, 3.8) is 0 Å². The molecule has 3 nitrogen and oxygen atoms in total. The Morgan fingerprint density at radius 1 is 0.964 bits per heavy atom. The molecule has 152 valence electrons. The molecule has 0 radical (unpaired) electrons. The molecule has 4 saturated carbocycles. The summed E-state index contributed by atoms with van der Waals surface area (Å²) in [6.45, 7) is 7.19. The van der Waals surface area contributed by atoms with Gasteiger partial charge in [-0.15, -0.1) is 0 Å². The number of allylic oxidation sites excluding steroid dienone is 2. The molecule has 0 bridgehead atoms. The highest BCUT2D eigenvalue weighted by Gasteiger charge is 2.68. The van der Waals surface area contributed by atoms with Gasteiger partial charge in [0.05, 0.1) is 0 Å². The van der Waals surface area contributed by atoms with Crippen molar-refractivity contribution in [2.75, 3.05) is 0 Å². The third-order valence-electron chi connectivity index (χ3n) is 10.2. The molecule has 5 aliphatic carbocycles. The lowest BCUT2D eigenvalue weighted by atomic mass is 9.49. The van der Waals surface area contributed by atoms with Crippen molar-refractivity contribution in [1.82, 2.24) is 0 Å². The Kier molecular flexibility index (Phi) is 3.49. The molecule has 10 atom stereocenters. The molecular formula is C25H34O3. The third-order valence-corrected chi connectivity index (χ3v) is 10.2. The molecule has 0 aromatic heterocycles. The predicted octanol–water partition coefficient (Wildman–Crippen LogP) is 4.94. The SMILES string of the molecule is C[C@@H]1CCC2C(C1[C@@H]1C[C@@H]1[C@]1(C)CCC(=O)O1)[C@H]1C[C@H]1C1=CC(=O)CC[C@@]12C. The molecule has 28 heavy (non-hydrogen) atoms. The van der Waals surface area contributed by atoms with E-state index in [4.69, 9.17) is 4.74 Å². The highest BCUT2D eigenvalue weighted by molar-refractivity contribution is 5.92. The zero-order chi connectivity index (χ0) is 19.4. The van der Waals surface area contributed by atoms with Gasteiger partial charge < -0.3 is 4.74 Å². The first-order chi connectivity index (χ1) is 13.3. The number of esters is 1. The summed E-state index contributed by atoms with van der Waals surface area (Å²) in [6, 6.07) is 0. The van der Waals surface area contributed by atoms with Gasteiger partial charge in [-0.25, -0.2) is 0 Å². The number of rotatable bonds is 2. The Morgan fingerprint density at radius 2 is 1.79 bits per heavy atom. The van der Waals surface area contributed by atoms with Crippen molar-refractivity contribution in [2.24, 2.45) is 52.8 Å². The fourth-order valence-corrected chi connectivity index (χ4v) is 8.69. The van der Waals surface area contributed by atoms with E-state index in [2.05, 4.69) is 26.8 Å². The monoisotopic (exact) mass is 382 g/mol. The van der Waals surface area contributed by atoms with Crippen LogP contribution in [0.2, 0.25) is 0 Å². The van der Waals surface area contributed by atoms with Gasteiger partial charge >= 0.3 is 5.97 Å². The molecule has 3 heteroatoms. The van der Waals surface area contributed by atoms with Gasteiger partial charge in [-0.05, 0) is 91.9 Å². The number of carbonyl (C=O) groups excluding carboxylic acids is 2. The van der Waals surface area contributed by atoms with Gasteiger partial charge in [0.1, 0.15) is 5.60 Å². The molecule has 1 heterocycles. The summed E-state index contributed by atoms with van der Waals surface area (Å²) < 4.78 is 5.83. The van der Waals surface area contributed by atoms with Crippen molar-refractivity contribution in [3.05, 3.63) is 11.6 Å². The van der Waals surface area contributed by atoms with Gasteiger partial charge in [0.25, 0.3) is 0 Å². The van der Waals surface area contributed by atoms with Gasteiger partial charge in [-0.2, -0.15) is 0 Å². The number of hydrogen-bond acceptors (Lipinski definition) is 3.